The number of hydrogen-bond donors (Lipinski definition) is 0. The first-order valence-electron chi connectivity index (χ1n) is 7.16. The molecule has 1 saturated carbocycles. The van der Waals surface area contributed by atoms with Crippen molar-refractivity contribution in [1.29, 1.82) is 0 Å². The highest BCUT2D eigenvalue weighted by molar-refractivity contribution is 5.01. The Balaban J connectivity index is 1.88. The van der Waals surface area contributed by atoms with Crippen LogP contribution in [0.5, 0.6) is 0 Å². The molecule has 2 fully saturated rings. The zero-order valence-corrected chi connectivity index (χ0v) is 11.8. The summed E-state index contributed by atoms with van der Waals surface area (Å²) in [5, 5.41) is 0. The summed E-state index contributed by atoms with van der Waals surface area (Å²) >= 11 is 0. The van der Waals surface area contributed by atoms with E-state index in [1.54, 1.807) is 0 Å². The molecular weight excluding hydrogens is 255 g/mol. The third-order valence-electron chi connectivity index (χ3n) is 4.07. The van der Waals surface area contributed by atoms with Gasteiger partial charge >= 0.3 is 0 Å². The van der Waals surface area contributed by atoms with Crippen molar-refractivity contribution in [1.82, 2.24) is 4.90 Å². The Bertz CT molecular complexity index is 293. The highest BCUT2D eigenvalue weighted by Crippen LogP contribution is 2.52. The third kappa shape index (κ3) is 4.09. The lowest BCUT2D eigenvalue weighted by atomic mass is 9.66. The first-order valence-corrected chi connectivity index (χ1v) is 7.16. The monoisotopic (exact) mass is 279 g/mol. The SMILES string of the molecule is CC(C)OCC1(CN2CCC(F)CC2)CC(F)(F)C1. The van der Waals surface area contributed by atoms with Crippen LogP contribution in [0.4, 0.5) is 13.2 Å². The van der Waals surface area contributed by atoms with Crippen molar-refractivity contribution >= 4 is 0 Å². The van der Waals surface area contributed by atoms with Gasteiger partial charge in [-0.05, 0) is 26.7 Å². The van der Waals surface area contributed by atoms with E-state index in [4.69, 9.17) is 4.74 Å². The van der Waals surface area contributed by atoms with Crippen LogP contribution in [0, 0.1) is 5.41 Å². The van der Waals surface area contributed by atoms with E-state index in [1.165, 1.54) is 0 Å². The molecule has 0 unspecified atom stereocenters. The molecule has 0 bridgehead atoms. The second-order valence-electron chi connectivity index (χ2n) is 6.52. The molecular formula is C14H24F3NO. The van der Waals surface area contributed by atoms with Crippen molar-refractivity contribution < 1.29 is 17.9 Å². The van der Waals surface area contributed by atoms with E-state index in [0.717, 1.165) is 0 Å². The summed E-state index contributed by atoms with van der Waals surface area (Å²) in [6.45, 7) is 6.18. The van der Waals surface area contributed by atoms with Crippen LogP contribution in [0.1, 0.15) is 39.5 Å². The van der Waals surface area contributed by atoms with Crippen molar-refractivity contribution in [2.24, 2.45) is 5.41 Å². The smallest absolute Gasteiger partial charge is 0.249 e. The van der Waals surface area contributed by atoms with Crippen molar-refractivity contribution in [2.75, 3.05) is 26.2 Å². The Morgan fingerprint density at radius 1 is 1.21 bits per heavy atom. The van der Waals surface area contributed by atoms with Gasteiger partial charge < -0.3 is 9.64 Å². The summed E-state index contributed by atoms with van der Waals surface area (Å²) in [7, 11) is 0. The first kappa shape index (κ1) is 15.1. The van der Waals surface area contributed by atoms with E-state index in [1.807, 2.05) is 13.8 Å². The molecule has 1 heterocycles. The van der Waals surface area contributed by atoms with Gasteiger partial charge in [0.15, 0.2) is 0 Å². The summed E-state index contributed by atoms with van der Waals surface area (Å²) < 4.78 is 45.1. The molecule has 2 aliphatic rings. The van der Waals surface area contributed by atoms with E-state index < -0.39 is 17.5 Å². The van der Waals surface area contributed by atoms with Crippen molar-refractivity contribution in [2.45, 2.75) is 57.7 Å². The fraction of sp³-hybridized carbons (Fsp3) is 1.00. The number of ether oxygens (including phenoxy) is 1. The molecule has 0 amide bonds. The number of halogens is 3. The van der Waals surface area contributed by atoms with E-state index in [0.29, 0.717) is 39.1 Å². The van der Waals surface area contributed by atoms with Gasteiger partial charge in [-0.2, -0.15) is 0 Å². The Labute approximate surface area is 113 Å². The zero-order valence-electron chi connectivity index (χ0n) is 11.8. The van der Waals surface area contributed by atoms with Crippen LogP contribution in [-0.2, 0) is 4.74 Å². The Hall–Kier alpha value is -0.290. The average Bonchev–Trinajstić information content (AvgIpc) is 2.27. The van der Waals surface area contributed by atoms with Gasteiger partial charge in [-0.3, -0.25) is 0 Å². The summed E-state index contributed by atoms with van der Waals surface area (Å²) in [5.74, 6) is -2.54. The standard InChI is InChI=1S/C14H24F3NO/c1-11(2)19-10-13(7-14(16,17)8-13)9-18-5-3-12(15)4-6-18/h11-12H,3-10H2,1-2H3. The van der Waals surface area contributed by atoms with Gasteiger partial charge in [-0.15, -0.1) is 0 Å². The lowest BCUT2D eigenvalue weighted by Gasteiger charge is -2.50. The second-order valence-corrected chi connectivity index (χ2v) is 6.52. The van der Waals surface area contributed by atoms with Crippen LogP contribution in [0.15, 0.2) is 0 Å². The minimum atomic E-state index is -2.54. The normalized spacial score (nSPS) is 27.5. The van der Waals surface area contributed by atoms with E-state index in [2.05, 4.69) is 4.90 Å². The summed E-state index contributed by atoms with van der Waals surface area (Å²) in [6, 6.07) is 0. The fourth-order valence-corrected chi connectivity index (χ4v) is 3.18. The number of alkyl halides is 3. The summed E-state index contributed by atoms with van der Waals surface area (Å²) in [4.78, 5) is 2.12. The Kier molecular flexibility index (Phi) is 4.45. The molecule has 0 aromatic carbocycles. The van der Waals surface area contributed by atoms with Gasteiger partial charge in [0.1, 0.15) is 6.17 Å². The molecule has 1 saturated heterocycles. The van der Waals surface area contributed by atoms with Crippen molar-refractivity contribution in [3.05, 3.63) is 0 Å². The third-order valence-corrected chi connectivity index (χ3v) is 4.07. The highest BCUT2D eigenvalue weighted by Gasteiger charge is 2.57. The van der Waals surface area contributed by atoms with Gasteiger partial charge in [0.05, 0.1) is 12.7 Å². The molecule has 0 N–H and O–H groups in total. The number of rotatable bonds is 5. The minimum absolute atomic E-state index is 0.0580. The van der Waals surface area contributed by atoms with E-state index in [9.17, 15) is 13.2 Å². The van der Waals surface area contributed by atoms with Gasteiger partial charge in [0.25, 0.3) is 0 Å². The molecule has 112 valence electrons. The minimum Gasteiger partial charge on any atom is -0.378 e. The van der Waals surface area contributed by atoms with Crippen LogP contribution in [0.25, 0.3) is 0 Å². The number of nitrogens with zero attached hydrogens (tertiary/aromatic N) is 1. The topological polar surface area (TPSA) is 12.5 Å². The zero-order chi connectivity index (χ0) is 14.1. The first-order chi connectivity index (χ1) is 8.80. The van der Waals surface area contributed by atoms with Crippen LogP contribution >= 0.6 is 0 Å². The summed E-state index contributed by atoms with van der Waals surface area (Å²) in [5.41, 5.74) is -0.434. The predicted octanol–water partition coefficient (Wildman–Crippen LogP) is 3.26. The van der Waals surface area contributed by atoms with Crippen LogP contribution < -0.4 is 0 Å². The van der Waals surface area contributed by atoms with Crippen LogP contribution in [0.2, 0.25) is 0 Å². The lowest BCUT2D eigenvalue weighted by molar-refractivity contribution is -0.195. The highest BCUT2D eigenvalue weighted by atomic mass is 19.3. The number of piperidine rings is 1. The molecule has 1 aliphatic heterocycles. The second kappa shape index (κ2) is 5.60. The molecule has 0 atom stereocenters. The summed E-state index contributed by atoms with van der Waals surface area (Å²) in [6.07, 6.45) is 0.198. The molecule has 0 aromatic rings. The van der Waals surface area contributed by atoms with Crippen LogP contribution in [-0.4, -0.2) is 49.3 Å². The van der Waals surface area contributed by atoms with Crippen molar-refractivity contribution in [3.63, 3.8) is 0 Å². The van der Waals surface area contributed by atoms with Gasteiger partial charge in [-0.1, -0.05) is 0 Å². The number of hydrogen-bond acceptors (Lipinski definition) is 2. The largest absolute Gasteiger partial charge is 0.378 e. The van der Waals surface area contributed by atoms with Gasteiger partial charge in [-0.25, -0.2) is 13.2 Å². The lowest BCUT2D eigenvalue weighted by Crippen LogP contribution is -2.56. The maximum atomic E-state index is 13.2. The Morgan fingerprint density at radius 2 is 1.79 bits per heavy atom. The maximum Gasteiger partial charge on any atom is 0.249 e. The average molecular weight is 279 g/mol. The molecule has 2 nitrogen and oxygen atoms in total. The van der Waals surface area contributed by atoms with Gasteiger partial charge in [0, 0.05) is 37.9 Å². The van der Waals surface area contributed by atoms with Gasteiger partial charge in [0.2, 0.25) is 5.92 Å². The molecule has 0 aromatic heterocycles. The van der Waals surface area contributed by atoms with E-state index >= 15 is 0 Å². The quantitative estimate of drug-likeness (QED) is 0.766. The molecule has 2 rings (SSSR count). The molecule has 5 heteroatoms. The molecule has 1 aliphatic carbocycles. The number of likely N-dealkylation sites (tertiary alicyclic amines) is 1. The predicted molar refractivity (Wildman–Crippen MR) is 68.3 cm³/mol. The Morgan fingerprint density at radius 3 is 2.26 bits per heavy atom. The maximum absolute atomic E-state index is 13.2. The fourth-order valence-electron chi connectivity index (χ4n) is 3.18. The van der Waals surface area contributed by atoms with E-state index in [-0.39, 0.29) is 18.9 Å². The van der Waals surface area contributed by atoms with Crippen molar-refractivity contribution in [3.8, 4) is 0 Å². The molecule has 0 spiro atoms. The van der Waals surface area contributed by atoms with Crippen LogP contribution in [0.3, 0.4) is 0 Å². The molecule has 0 radical (unpaired) electrons. The molecule has 19 heavy (non-hydrogen) atoms.